The van der Waals surface area contributed by atoms with Gasteiger partial charge in [-0.1, -0.05) is 126 Å². The molecular formula is C26H40. The van der Waals surface area contributed by atoms with Gasteiger partial charge in [-0.3, -0.25) is 0 Å². The average molecular weight is 353 g/mol. The highest BCUT2D eigenvalue weighted by atomic mass is 14.2. The molecule has 0 aliphatic rings. The van der Waals surface area contributed by atoms with E-state index in [9.17, 15) is 0 Å². The highest BCUT2D eigenvalue weighted by Gasteiger charge is 2.13. The second-order valence-electron chi connectivity index (χ2n) is 7.91. The summed E-state index contributed by atoms with van der Waals surface area (Å²) in [4.78, 5) is 0. The Kier molecular flexibility index (Phi) is 11.8. The van der Waals surface area contributed by atoms with E-state index in [0.717, 1.165) is 5.92 Å². The van der Waals surface area contributed by atoms with E-state index in [1.165, 1.54) is 61.6 Å². The van der Waals surface area contributed by atoms with E-state index in [-0.39, 0.29) is 0 Å². The molecule has 0 nitrogen and oxygen atoms in total. The van der Waals surface area contributed by atoms with Crippen LogP contribution in [0, 0.1) is 12.8 Å². The highest BCUT2D eigenvalue weighted by molar-refractivity contribution is 5.33. The molecule has 144 valence electrons. The molecule has 0 aliphatic heterocycles. The summed E-state index contributed by atoms with van der Waals surface area (Å²) in [6, 6.07) is 20.0. The highest BCUT2D eigenvalue weighted by Crippen LogP contribution is 2.30. The first-order valence-electron chi connectivity index (χ1n) is 10.7. The quantitative estimate of drug-likeness (QED) is 0.396. The summed E-state index contributed by atoms with van der Waals surface area (Å²) >= 11 is 0. The summed E-state index contributed by atoms with van der Waals surface area (Å²) < 4.78 is 0. The molecule has 0 saturated carbocycles. The maximum absolute atomic E-state index is 2.29. The Morgan fingerprint density at radius 2 is 1.23 bits per heavy atom. The van der Waals surface area contributed by atoms with Crippen molar-refractivity contribution in [3.63, 3.8) is 0 Å². The van der Waals surface area contributed by atoms with E-state index < -0.39 is 0 Å². The first-order valence-corrected chi connectivity index (χ1v) is 10.7. The molecule has 1 unspecified atom stereocenters. The van der Waals surface area contributed by atoms with Crippen LogP contribution in [-0.4, -0.2) is 0 Å². The predicted molar refractivity (Wildman–Crippen MR) is 118 cm³/mol. The second-order valence-corrected chi connectivity index (χ2v) is 7.91. The van der Waals surface area contributed by atoms with E-state index in [0.29, 0.717) is 5.92 Å². The van der Waals surface area contributed by atoms with Crippen LogP contribution in [0.25, 0.3) is 0 Å². The number of unbranched alkanes of at least 4 members (excludes halogenated alkanes) is 3. The van der Waals surface area contributed by atoms with Gasteiger partial charge in [0.2, 0.25) is 0 Å². The monoisotopic (exact) mass is 352 g/mol. The minimum atomic E-state index is 0.549. The van der Waals surface area contributed by atoms with Crippen molar-refractivity contribution in [3.8, 4) is 0 Å². The van der Waals surface area contributed by atoms with E-state index in [1.54, 1.807) is 0 Å². The molecule has 2 rings (SSSR count). The van der Waals surface area contributed by atoms with Gasteiger partial charge in [0.05, 0.1) is 0 Å². The molecule has 0 aromatic heterocycles. The van der Waals surface area contributed by atoms with Crippen LogP contribution < -0.4 is 0 Å². The number of hydrogen-bond donors (Lipinski definition) is 0. The number of benzene rings is 2. The molecule has 0 bridgehead atoms. The Morgan fingerprint density at radius 3 is 1.73 bits per heavy atom. The van der Waals surface area contributed by atoms with Gasteiger partial charge in [-0.15, -0.1) is 0 Å². The van der Waals surface area contributed by atoms with Crippen LogP contribution in [0.1, 0.15) is 95.2 Å². The van der Waals surface area contributed by atoms with Crippen molar-refractivity contribution in [3.05, 3.63) is 71.3 Å². The van der Waals surface area contributed by atoms with Crippen molar-refractivity contribution >= 4 is 0 Å². The minimum absolute atomic E-state index is 0.549. The van der Waals surface area contributed by atoms with E-state index >= 15 is 0 Å². The average Bonchev–Trinajstić information content (AvgIpc) is 2.66. The zero-order valence-electron chi connectivity index (χ0n) is 17.8. The summed E-state index contributed by atoms with van der Waals surface area (Å²) in [5.41, 5.74) is 4.24. The SMILES string of the molecule is CCCCC(C)C.CCCCCC(c1ccccc1)c1ccc(C)cc1. The van der Waals surface area contributed by atoms with Crippen LogP contribution in [0.3, 0.4) is 0 Å². The summed E-state index contributed by atoms with van der Waals surface area (Å²) in [6.07, 6.45) is 9.32. The van der Waals surface area contributed by atoms with E-state index in [4.69, 9.17) is 0 Å². The van der Waals surface area contributed by atoms with Crippen molar-refractivity contribution < 1.29 is 0 Å². The van der Waals surface area contributed by atoms with Crippen molar-refractivity contribution in [2.45, 2.75) is 85.5 Å². The molecule has 0 heterocycles. The lowest BCUT2D eigenvalue weighted by Gasteiger charge is -2.18. The molecule has 0 radical (unpaired) electrons. The summed E-state index contributed by atoms with van der Waals surface area (Å²) in [5, 5.41) is 0. The molecule has 2 aromatic rings. The van der Waals surface area contributed by atoms with Gasteiger partial charge in [0.25, 0.3) is 0 Å². The molecule has 0 spiro atoms. The van der Waals surface area contributed by atoms with Gasteiger partial charge < -0.3 is 0 Å². The fourth-order valence-corrected chi connectivity index (χ4v) is 3.22. The van der Waals surface area contributed by atoms with Crippen molar-refractivity contribution in [2.75, 3.05) is 0 Å². The fraction of sp³-hybridized carbons (Fsp3) is 0.538. The molecule has 1 atom stereocenters. The topological polar surface area (TPSA) is 0 Å². The smallest absolute Gasteiger partial charge is 0.00893 e. The van der Waals surface area contributed by atoms with Gasteiger partial charge >= 0.3 is 0 Å². The molecule has 0 N–H and O–H groups in total. The summed E-state index contributed by atoms with van der Waals surface area (Å²) in [7, 11) is 0. The molecule has 0 saturated heterocycles. The molecule has 2 aromatic carbocycles. The normalized spacial score (nSPS) is 11.8. The Morgan fingerprint density at radius 1 is 0.654 bits per heavy atom. The van der Waals surface area contributed by atoms with Crippen LogP contribution in [0.5, 0.6) is 0 Å². The molecule has 0 amide bonds. The Hall–Kier alpha value is -1.56. The van der Waals surface area contributed by atoms with Crippen LogP contribution >= 0.6 is 0 Å². The Balaban J connectivity index is 0.000000412. The number of hydrogen-bond acceptors (Lipinski definition) is 0. The first-order chi connectivity index (χ1) is 12.6. The van der Waals surface area contributed by atoms with Gasteiger partial charge in [0.1, 0.15) is 0 Å². The third kappa shape index (κ3) is 9.22. The van der Waals surface area contributed by atoms with Gasteiger partial charge in [-0.2, -0.15) is 0 Å². The maximum Gasteiger partial charge on any atom is 0.00893 e. The van der Waals surface area contributed by atoms with Crippen LogP contribution in [0.15, 0.2) is 54.6 Å². The van der Waals surface area contributed by atoms with Crippen LogP contribution in [0.2, 0.25) is 0 Å². The lowest BCUT2D eigenvalue weighted by molar-refractivity contribution is 0.550. The third-order valence-corrected chi connectivity index (χ3v) is 4.91. The fourth-order valence-electron chi connectivity index (χ4n) is 3.22. The Labute approximate surface area is 163 Å². The maximum atomic E-state index is 2.29. The minimum Gasteiger partial charge on any atom is -0.0654 e. The van der Waals surface area contributed by atoms with Gasteiger partial charge in [-0.25, -0.2) is 0 Å². The van der Waals surface area contributed by atoms with Crippen LogP contribution in [0.4, 0.5) is 0 Å². The molecule has 0 aliphatic carbocycles. The molecule has 0 heteroatoms. The van der Waals surface area contributed by atoms with Crippen LogP contribution in [-0.2, 0) is 0 Å². The zero-order chi connectivity index (χ0) is 19.2. The molecule has 26 heavy (non-hydrogen) atoms. The predicted octanol–water partition coefficient (Wildman–Crippen LogP) is 8.54. The lowest BCUT2D eigenvalue weighted by atomic mass is 9.86. The summed E-state index contributed by atoms with van der Waals surface area (Å²) in [6.45, 7) is 11.2. The van der Waals surface area contributed by atoms with Gasteiger partial charge in [-0.05, 0) is 30.4 Å². The molecule has 0 fully saturated rings. The standard InChI is InChI=1S/C19H24.C7H16/c1-3-4-6-11-19(17-9-7-5-8-10-17)18-14-12-16(2)13-15-18;1-4-5-6-7(2)3/h5,7-10,12-15,19H,3-4,6,11H2,1-2H3;7H,4-6H2,1-3H3. The molecular weight excluding hydrogens is 312 g/mol. The Bertz CT molecular complexity index is 550. The van der Waals surface area contributed by atoms with E-state index in [1.807, 2.05) is 0 Å². The number of rotatable bonds is 9. The van der Waals surface area contributed by atoms with Gasteiger partial charge in [0.15, 0.2) is 0 Å². The van der Waals surface area contributed by atoms with E-state index in [2.05, 4.69) is 89.2 Å². The third-order valence-electron chi connectivity index (χ3n) is 4.91. The summed E-state index contributed by atoms with van der Waals surface area (Å²) in [5.74, 6) is 1.45. The lowest BCUT2D eigenvalue weighted by Crippen LogP contribution is -2.01. The first kappa shape index (κ1) is 22.5. The zero-order valence-corrected chi connectivity index (χ0v) is 17.8. The second kappa shape index (κ2) is 13.6. The van der Waals surface area contributed by atoms with Crippen molar-refractivity contribution in [1.29, 1.82) is 0 Å². The number of aryl methyl sites for hydroxylation is 1. The van der Waals surface area contributed by atoms with Crippen molar-refractivity contribution in [2.24, 2.45) is 5.92 Å². The van der Waals surface area contributed by atoms with Crippen molar-refractivity contribution in [1.82, 2.24) is 0 Å². The largest absolute Gasteiger partial charge is 0.0654 e. The van der Waals surface area contributed by atoms with Gasteiger partial charge in [0, 0.05) is 5.92 Å².